The van der Waals surface area contributed by atoms with Gasteiger partial charge in [0.05, 0.1) is 11.9 Å². The fourth-order valence-corrected chi connectivity index (χ4v) is 1.56. The highest BCUT2D eigenvalue weighted by atomic mass is 16.6. The highest BCUT2D eigenvalue weighted by Gasteiger charge is 2.28. The van der Waals surface area contributed by atoms with Gasteiger partial charge in [-0.05, 0) is 25.4 Å². The van der Waals surface area contributed by atoms with Crippen molar-refractivity contribution in [3.05, 3.63) is 42.2 Å². The molecule has 1 unspecified atom stereocenters. The van der Waals surface area contributed by atoms with Gasteiger partial charge < -0.3 is 9.31 Å². The maximum absolute atomic E-state index is 5.64. The molecule has 0 saturated carbocycles. The first kappa shape index (κ1) is 9.34. The molecule has 0 fully saturated rings. The summed E-state index contributed by atoms with van der Waals surface area (Å²) in [6.07, 6.45) is 2.09. The maximum Gasteiger partial charge on any atom is 0.562 e. The summed E-state index contributed by atoms with van der Waals surface area (Å²) in [6, 6.07) is 9.98. The van der Waals surface area contributed by atoms with Crippen molar-refractivity contribution in [1.82, 2.24) is 0 Å². The van der Waals surface area contributed by atoms with E-state index in [9.17, 15) is 0 Å². The van der Waals surface area contributed by atoms with E-state index in [0.29, 0.717) is 0 Å². The van der Waals surface area contributed by atoms with Crippen molar-refractivity contribution in [2.75, 3.05) is 0 Å². The smallest absolute Gasteiger partial charge is 0.536 e. The molecule has 0 N–H and O–H groups in total. The zero-order valence-corrected chi connectivity index (χ0v) is 8.44. The van der Waals surface area contributed by atoms with Gasteiger partial charge >= 0.3 is 7.12 Å². The Bertz CT molecular complexity index is 334. The van der Waals surface area contributed by atoms with Crippen molar-refractivity contribution in [2.24, 2.45) is 0 Å². The first-order valence-corrected chi connectivity index (χ1v) is 4.81. The van der Waals surface area contributed by atoms with Crippen LogP contribution < -0.4 is 5.46 Å². The van der Waals surface area contributed by atoms with Crippen LogP contribution in [0.2, 0.25) is 0 Å². The second-order valence-corrected chi connectivity index (χ2v) is 3.48. The molecule has 1 aromatic carbocycles. The molecular weight excluding hydrogens is 175 g/mol. The van der Waals surface area contributed by atoms with Crippen LogP contribution >= 0.6 is 0 Å². The van der Waals surface area contributed by atoms with E-state index in [1.165, 1.54) is 0 Å². The van der Waals surface area contributed by atoms with Gasteiger partial charge in [0.2, 0.25) is 0 Å². The van der Waals surface area contributed by atoms with Crippen LogP contribution in [0.5, 0.6) is 0 Å². The lowest BCUT2D eigenvalue weighted by atomic mass is 9.78. The van der Waals surface area contributed by atoms with Gasteiger partial charge in [0.15, 0.2) is 0 Å². The van der Waals surface area contributed by atoms with Crippen molar-refractivity contribution in [2.45, 2.75) is 20.0 Å². The second kappa shape index (κ2) is 3.88. The standard InChI is InChI=1S/C11H13BO2/c1-9-8-10(2)14-12(13-9)11-6-4-3-5-7-11/h3-9H,1-2H3. The molecule has 1 aliphatic rings. The van der Waals surface area contributed by atoms with Crippen LogP contribution in [0.15, 0.2) is 42.2 Å². The number of hydrogen-bond donors (Lipinski definition) is 0. The lowest BCUT2D eigenvalue weighted by Gasteiger charge is -2.24. The summed E-state index contributed by atoms with van der Waals surface area (Å²) in [5.74, 6) is 0.928. The first-order chi connectivity index (χ1) is 6.75. The Labute approximate surface area is 84.7 Å². The molecule has 3 heteroatoms. The third kappa shape index (κ3) is 1.99. The summed E-state index contributed by atoms with van der Waals surface area (Å²) in [5, 5.41) is 0. The van der Waals surface area contributed by atoms with E-state index >= 15 is 0 Å². The van der Waals surface area contributed by atoms with Crippen LogP contribution in [-0.2, 0) is 9.31 Å². The van der Waals surface area contributed by atoms with Crippen LogP contribution in [-0.4, -0.2) is 13.2 Å². The van der Waals surface area contributed by atoms with E-state index in [1.54, 1.807) is 0 Å². The Kier molecular flexibility index (Phi) is 2.59. The van der Waals surface area contributed by atoms with Crippen LogP contribution in [0.3, 0.4) is 0 Å². The first-order valence-electron chi connectivity index (χ1n) is 4.81. The van der Waals surface area contributed by atoms with Gasteiger partial charge in [0, 0.05) is 0 Å². The molecule has 1 heterocycles. The zero-order chi connectivity index (χ0) is 9.97. The molecular formula is C11H13BO2. The molecule has 0 aliphatic carbocycles. The molecule has 1 aromatic rings. The minimum Gasteiger partial charge on any atom is -0.536 e. The van der Waals surface area contributed by atoms with Crippen LogP contribution in [0.25, 0.3) is 0 Å². The molecule has 2 rings (SSSR count). The third-order valence-electron chi connectivity index (χ3n) is 2.17. The molecule has 0 saturated heterocycles. The van der Waals surface area contributed by atoms with Gasteiger partial charge in [0.1, 0.15) is 0 Å². The summed E-state index contributed by atoms with van der Waals surface area (Å²) < 4.78 is 11.2. The largest absolute Gasteiger partial charge is 0.562 e. The summed E-state index contributed by atoms with van der Waals surface area (Å²) >= 11 is 0. The van der Waals surface area contributed by atoms with E-state index in [1.807, 2.05) is 50.3 Å². The molecule has 1 atom stereocenters. The van der Waals surface area contributed by atoms with Crippen molar-refractivity contribution in [3.63, 3.8) is 0 Å². The van der Waals surface area contributed by atoms with Crippen LogP contribution in [0.4, 0.5) is 0 Å². The predicted octanol–water partition coefficient (Wildman–Crippen LogP) is 1.72. The van der Waals surface area contributed by atoms with E-state index in [4.69, 9.17) is 9.31 Å². The van der Waals surface area contributed by atoms with Crippen molar-refractivity contribution < 1.29 is 9.31 Å². The molecule has 1 aliphatic heterocycles. The van der Waals surface area contributed by atoms with Crippen molar-refractivity contribution in [3.8, 4) is 0 Å². The van der Waals surface area contributed by atoms with Crippen molar-refractivity contribution in [1.29, 1.82) is 0 Å². The van der Waals surface area contributed by atoms with Gasteiger partial charge in [-0.3, -0.25) is 0 Å². The van der Waals surface area contributed by atoms with E-state index in [-0.39, 0.29) is 13.2 Å². The van der Waals surface area contributed by atoms with Gasteiger partial charge in [-0.2, -0.15) is 0 Å². The highest BCUT2D eigenvalue weighted by molar-refractivity contribution is 6.61. The molecule has 2 nitrogen and oxygen atoms in total. The monoisotopic (exact) mass is 188 g/mol. The molecule has 14 heavy (non-hydrogen) atoms. The Hall–Kier alpha value is -1.22. The average molecular weight is 188 g/mol. The lowest BCUT2D eigenvalue weighted by Crippen LogP contribution is -2.41. The predicted molar refractivity (Wildman–Crippen MR) is 57.2 cm³/mol. The number of allylic oxidation sites excluding steroid dienone is 1. The van der Waals surface area contributed by atoms with Gasteiger partial charge in [-0.15, -0.1) is 0 Å². The summed E-state index contributed by atoms with van der Waals surface area (Å²) in [4.78, 5) is 0. The van der Waals surface area contributed by atoms with Gasteiger partial charge in [-0.25, -0.2) is 0 Å². The van der Waals surface area contributed by atoms with Crippen molar-refractivity contribution >= 4 is 12.6 Å². The average Bonchev–Trinajstić information content (AvgIpc) is 2.18. The molecule has 0 bridgehead atoms. The maximum atomic E-state index is 5.64. The zero-order valence-electron chi connectivity index (χ0n) is 8.44. The van der Waals surface area contributed by atoms with Crippen LogP contribution in [0, 0.1) is 0 Å². The number of benzene rings is 1. The molecule has 0 radical (unpaired) electrons. The second-order valence-electron chi connectivity index (χ2n) is 3.48. The Morgan fingerprint density at radius 3 is 2.57 bits per heavy atom. The number of hydrogen-bond acceptors (Lipinski definition) is 2. The highest BCUT2D eigenvalue weighted by Crippen LogP contribution is 2.12. The quantitative estimate of drug-likeness (QED) is 0.624. The SMILES string of the molecule is CC1=CC(C)OB(c2ccccc2)O1. The lowest BCUT2D eigenvalue weighted by molar-refractivity contribution is 0.185. The molecule has 72 valence electrons. The van der Waals surface area contributed by atoms with E-state index in [0.717, 1.165) is 11.2 Å². The fourth-order valence-electron chi connectivity index (χ4n) is 1.56. The summed E-state index contributed by atoms with van der Waals surface area (Å²) in [5.41, 5.74) is 1.06. The summed E-state index contributed by atoms with van der Waals surface area (Å²) in [6.45, 7) is 3.97. The molecule has 0 amide bonds. The topological polar surface area (TPSA) is 18.5 Å². The Balaban J connectivity index is 2.18. The van der Waals surface area contributed by atoms with Crippen LogP contribution in [0.1, 0.15) is 13.8 Å². The van der Waals surface area contributed by atoms with Gasteiger partial charge in [-0.1, -0.05) is 30.3 Å². The minimum absolute atomic E-state index is 0.119. The normalized spacial score (nSPS) is 21.4. The third-order valence-corrected chi connectivity index (χ3v) is 2.17. The van der Waals surface area contributed by atoms with E-state index < -0.39 is 0 Å². The fraction of sp³-hybridized carbons (Fsp3) is 0.273. The Morgan fingerprint density at radius 1 is 1.21 bits per heavy atom. The minimum atomic E-state index is -0.254. The molecule has 0 spiro atoms. The molecule has 0 aromatic heterocycles. The van der Waals surface area contributed by atoms with Gasteiger partial charge in [0.25, 0.3) is 0 Å². The number of rotatable bonds is 1. The van der Waals surface area contributed by atoms with E-state index in [2.05, 4.69) is 0 Å². The summed E-state index contributed by atoms with van der Waals surface area (Å²) in [7, 11) is -0.254. The Morgan fingerprint density at radius 2 is 1.93 bits per heavy atom.